The fourth-order valence-corrected chi connectivity index (χ4v) is 5.95. The van der Waals surface area contributed by atoms with Crippen LogP contribution in [0.25, 0.3) is 0 Å². The van der Waals surface area contributed by atoms with Crippen LogP contribution in [0.4, 0.5) is 13.2 Å². The van der Waals surface area contributed by atoms with Crippen molar-refractivity contribution < 1.29 is 32.2 Å². The molecule has 0 saturated heterocycles. The third-order valence-corrected chi connectivity index (χ3v) is 8.18. The van der Waals surface area contributed by atoms with E-state index in [1.165, 1.54) is 17.7 Å². The highest BCUT2D eigenvalue weighted by Crippen LogP contribution is 2.50. The molecule has 7 heteroatoms. The maximum Gasteiger partial charge on any atom is 0.416 e. The van der Waals surface area contributed by atoms with Gasteiger partial charge in [-0.25, -0.2) is 0 Å². The Labute approximate surface area is 238 Å². The molecule has 2 fully saturated rings. The maximum atomic E-state index is 13.7. The van der Waals surface area contributed by atoms with Gasteiger partial charge in [0.15, 0.2) is 5.92 Å². The van der Waals surface area contributed by atoms with E-state index in [-0.39, 0.29) is 19.1 Å². The number of hydrogen-bond acceptors (Lipinski definition) is 4. The molecule has 2 aliphatic rings. The summed E-state index contributed by atoms with van der Waals surface area (Å²) in [6.45, 7) is 0.0154. The van der Waals surface area contributed by atoms with Crippen LogP contribution in [0.5, 0.6) is 0 Å². The van der Waals surface area contributed by atoms with Gasteiger partial charge in [-0.2, -0.15) is 13.2 Å². The Balaban J connectivity index is 1.48. The highest BCUT2D eigenvalue weighted by Gasteiger charge is 2.46. The fraction of sp³-hybridized carbons (Fsp3) is 0.353. The summed E-state index contributed by atoms with van der Waals surface area (Å²) in [5.74, 6) is -3.44. The first kappa shape index (κ1) is 28.7. The van der Waals surface area contributed by atoms with Crippen molar-refractivity contribution in [2.24, 2.45) is 11.8 Å². The van der Waals surface area contributed by atoms with E-state index in [0.717, 1.165) is 60.9 Å². The van der Waals surface area contributed by atoms with E-state index in [1.807, 2.05) is 60.7 Å². The van der Waals surface area contributed by atoms with Gasteiger partial charge in [0.25, 0.3) is 0 Å². The van der Waals surface area contributed by atoms with Gasteiger partial charge in [0.2, 0.25) is 0 Å². The average Bonchev–Trinajstić information content (AvgIpc) is 2.95. The highest BCUT2D eigenvalue weighted by atomic mass is 19.4. The molecule has 41 heavy (non-hydrogen) atoms. The van der Waals surface area contributed by atoms with Crippen LogP contribution in [-0.2, 0) is 38.5 Å². The zero-order valence-corrected chi connectivity index (χ0v) is 22.7. The molecule has 2 saturated carbocycles. The second kappa shape index (κ2) is 12.8. The third kappa shape index (κ3) is 6.89. The van der Waals surface area contributed by atoms with Gasteiger partial charge in [-0.1, -0.05) is 83.9 Å². The summed E-state index contributed by atoms with van der Waals surface area (Å²) in [5, 5.41) is 0. The molecule has 4 nitrogen and oxygen atoms in total. The van der Waals surface area contributed by atoms with E-state index in [2.05, 4.69) is 0 Å². The Hall–Kier alpha value is -3.87. The zero-order valence-electron chi connectivity index (χ0n) is 22.7. The van der Waals surface area contributed by atoms with Crippen LogP contribution in [0.1, 0.15) is 66.7 Å². The lowest BCUT2D eigenvalue weighted by Crippen LogP contribution is -2.39. The van der Waals surface area contributed by atoms with Crippen LogP contribution in [0, 0.1) is 11.8 Å². The third-order valence-electron chi connectivity index (χ3n) is 8.18. The molecule has 3 aromatic carbocycles. The summed E-state index contributed by atoms with van der Waals surface area (Å²) in [7, 11) is 0. The summed E-state index contributed by atoms with van der Waals surface area (Å²) in [6.07, 6.45) is 0.586. The lowest BCUT2D eigenvalue weighted by atomic mass is 9.64. The van der Waals surface area contributed by atoms with Gasteiger partial charge in [-0.3, -0.25) is 9.59 Å². The summed E-state index contributed by atoms with van der Waals surface area (Å²) in [5.41, 5.74) is 3.95. The number of ether oxygens (including phenoxy) is 2. The minimum Gasteiger partial charge on any atom is -0.460 e. The molecule has 0 radical (unpaired) electrons. The van der Waals surface area contributed by atoms with Crippen molar-refractivity contribution >= 4 is 11.9 Å². The van der Waals surface area contributed by atoms with Crippen LogP contribution in [-0.4, -0.2) is 11.9 Å². The molecule has 0 spiro atoms. The zero-order chi connectivity index (χ0) is 28.8. The SMILES string of the molecule is O=C(OCc1ccccc1)C(C(=O)OCc1ccccc1)C1CCCC(=C2CCC2)[C@H]1c1ccc(C(F)(F)F)cc1. The number of benzene rings is 3. The minimum atomic E-state index is -4.45. The van der Waals surface area contributed by atoms with E-state index >= 15 is 0 Å². The van der Waals surface area contributed by atoms with E-state index in [1.54, 1.807) is 0 Å². The van der Waals surface area contributed by atoms with Gasteiger partial charge in [0.1, 0.15) is 13.2 Å². The van der Waals surface area contributed by atoms with Crippen LogP contribution in [0.15, 0.2) is 96.1 Å². The van der Waals surface area contributed by atoms with Crippen molar-refractivity contribution in [3.63, 3.8) is 0 Å². The van der Waals surface area contributed by atoms with Crippen molar-refractivity contribution in [3.05, 3.63) is 118 Å². The predicted octanol–water partition coefficient (Wildman–Crippen LogP) is 8.17. The van der Waals surface area contributed by atoms with Crippen LogP contribution < -0.4 is 0 Å². The van der Waals surface area contributed by atoms with Gasteiger partial charge < -0.3 is 9.47 Å². The Kier molecular flexibility index (Phi) is 8.91. The standard InChI is InChI=1S/C34H33F3O4/c35-34(36,37)27-19-17-26(18-20-27)30-28(25-13-7-14-25)15-8-16-29(30)31(32(38)40-21-23-9-3-1-4-10-23)33(39)41-22-24-11-5-2-6-12-24/h1-6,9-12,17-20,29-31H,7-8,13-16,21-22H2/t29?,30-/m1/s1. The molecule has 0 N–H and O–H groups in total. The van der Waals surface area contributed by atoms with Crippen LogP contribution in [0.3, 0.4) is 0 Å². The molecular formula is C34H33F3O4. The van der Waals surface area contributed by atoms with Crippen molar-refractivity contribution in [2.45, 2.75) is 63.8 Å². The minimum absolute atomic E-state index is 0.00769. The van der Waals surface area contributed by atoms with Gasteiger partial charge >= 0.3 is 18.1 Å². The Morgan fingerprint density at radius 3 is 1.73 bits per heavy atom. The molecule has 0 bridgehead atoms. The second-order valence-electron chi connectivity index (χ2n) is 10.8. The number of hydrogen-bond donors (Lipinski definition) is 0. The number of carbonyl (C=O) groups excluding carboxylic acids is 2. The van der Waals surface area contributed by atoms with Crippen molar-refractivity contribution in [1.82, 2.24) is 0 Å². The fourth-order valence-electron chi connectivity index (χ4n) is 5.95. The number of alkyl halides is 3. The summed E-state index contributed by atoms with van der Waals surface area (Å²) in [4.78, 5) is 27.4. The van der Waals surface area contributed by atoms with E-state index < -0.39 is 35.5 Å². The molecular weight excluding hydrogens is 529 g/mol. The molecule has 1 unspecified atom stereocenters. The Morgan fingerprint density at radius 2 is 1.27 bits per heavy atom. The molecule has 214 valence electrons. The summed E-state index contributed by atoms with van der Waals surface area (Å²) >= 11 is 0. The number of rotatable bonds is 8. The first-order valence-electron chi connectivity index (χ1n) is 14.1. The number of esters is 2. The molecule has 0 heterocycles. The molecule has 2 atom stereocenters. The van der Waals surface area contributed by atoms with E-state index in [9.17, 15) is 22.8 Å². The lowest BCUT2D eigenvalue weighted by molar-refractivity contribution is -0.167. The number of carbonyl (C=O) groups is 2. The molecule has 3 aromatic rings. The maximum absolute atomic E-state index is 13.7. The smallest absolute Gasteiger partial charge is 0.416 e. The van der Waals surface area contributed by atoms with Crippen molar-refractivity contribution in [1.29, 1.82) is 0 Å². The topological polar surface area (TPSA) is 52.6 Å². The van der Waals surface area contributed by atoms with Gasteiger partial charge in [0, 0.05) is 5.92 Å². The number of halogens is 3. The van der Waals surface area contributed by atoms with Crippen molar-refractivity contribution in [2.75, 3.05) is 0 Å². The first-order chi connectivity index (χ1) is 19.8. The lowest BCUT2D eigenvalue weighted by Gasteiger charge is -2.40. The summed E-state index contributed by atoms with van der Waals surface area (Å²) in [6, 6.07) is 23.6. The van der Waals surface area contributed by atoms with Gasteiger partial charge in [-0.05, 0) is 73.3 Å². The van der Waals surface area contributed by atoms with Gasteiger partial charge in [0.05, 0.1) is 5.56 Å². The normalized spacial score (nSPS) is 19.0. The largest absolute Gasteiger partial charge is 0.460 e. The highest BCUT2D eigenvalue weighted by molar-refractivity contribution is 5.95. The van der Waals surface area contributed by atoms with E-state index in [4.69, 9.17) is 9.47 Å². The second-order valence-corrected chi connectivity index (χ2v) is 10.8. The predicted molar refractivity (Wildman–Crippen MR) is 148 cm³/mol. The quantitative estimate of drug-likeness (QED) is 0.158. The average molecular weight is 563 g/mol. The molecule has 0 aromatic heterocycles. The molecule has 5 rings (SSSR count). The molecule has 0 aliphatic heterocycles. The van der Waals surface area contributed by atoms with Crippen molar-refractivity contribution in [3.8, 4) is 0 Å². The number of allylic oxidation sites excluding steroid dienone is 2. The van der Waals surface area contributed by atoms with E-state index in [0.29, 0.717) is 12.0 Å². The van der Waals surface area contributed by atoms with Crippen LogP contribution >= 0.6 is 0 Å². The Morgan fingerprint density at radius 1 is 0.732 bits per heavy atom. The first-order valence-corrected chi connectivity index (χ1v) is 14.1. The van der Waals surface area contributed by atoms with Crippen LogP contribution in [0.2, 0.25) is 0 Å². The summed E-state index contributed by atoms with van der Waals surface area (Å²) < 4.78 is 51.5. The van der Waals surface area contributed by atoms with Gasteiger partial charge in [-0.15, -0.1) is 0 Å². The molecule has 2 aliphatic carbocycles. The monoisotopic (exact) mass is 562 g/mol. The Bertz CT molecular complexity index is 1300. The molecule has 0 amide bonds.